The quantitative estimate of drug-likeness (QED) is 0.628. The molecule has 2 rings (SSSR count). The maximum absolute atomic E-state index is 11.2. The Kier molecular flexibility index (Phi) is 3.25. The van der Waals surface area contributed by atoms with Crippen LogP contribution in [0.25, 0.3) is 10.7 Å². The van der Waals surface area contributed by atoms with Gasteiger partial charge in [-0.3, -0.25) is 0 Å². The fourth-order valence-electron chi connectivity index (χ4n) is 1.02. The zero-order chi connectivity index (χ0) is 11.5. The molecule has 0 fully saturated rings. The SMILES string of the molecule is COC(=O)c1nnc(-c2cccc(Br)n2)s1. The highest BCUT2D eigenvalue weighted by Gasteiger charge is 2.14. The largest absolute Gasteiger partial charge is 0.464 e. The summed E-state index contributed by atoms with van der Waals surface area (Å²) in [6.45, 7) is 0. The van der Waals surface area contributed by atoms with Crippen LogP contribution in [0.3, 0.4) is 0 Å². The van der Waals surface area contributed by atoms with Gasteiger partial charge in [0.2, 0.25) is 5.01 Å². The molecule has 0 atom stereocenters. The third-order valence-electron chi connectivity index (χ3n) is 1.72. The number of methoxy groups -OCH3 is 1. The van der Waals surface area contributed by atoms with Crippen LogP contribution in [0.15, 0.2) is 22.8 Å². The highest BCUT2D eigenvalue weighted by molar-refractivity contribution is 9.10. The zero-order valence-corrected chi connectivity index (χ0v) is 10.6. The number of pyridine rings is 1. The Bertz CT molecular complexity index is 529. The summed E-state index contributed by atoms with van der Waals surface area (Å²) >= 11 is 4.41. The average molecular weight is 300 g/mol. The first-order chi connectivity index (χ1) is 7.70. The van der Waals surface area contributed by atoms with Gasteiger partial charge in [0.15, 0.2) is 5.01 Å². The van der Waals surface area contributed by atoms with E-state index >= 15 is 0 Å². The number of carbonyl (C=O) groups excluding carboxylic acids is 1. The van der Waals surface area contributed by atoms with E-state index in [0.29, 0.717) is 15.3 Å². The molecular weight excluding hydrogens is 294 g/mol. The van der Waals surface area contributed by atoms with Crippen LogP contribution in [-0.2, 0) is 4.74 Å². The number of hydrogen-bond donors (Lipinski definition) is 0. The second-order valence-corrected chi connectivity index (χ2v) is 4.54. The molecule has 0 amide bonds. The first-order valence-electron chi connectivity index (χ1n) is 4.25. The lowest BCUT2D eigenvalue weighted by atomic mass is 10.4. The molecule has 0 spiro atoms. The molecule has 16 heavy (non-hydrogen) atoms. The molecule has 0 bridgehead atoms. The molecule has 7 heteroatoms. The molecule has 0 unspecified atom stereocenters. The Labute approximate surface area is 104 Å². The molecule has 0 N–H and O–H groups in total. The van der Waals surface area contributed by atoms with Gasteiger partial charge in [-0.1, -0.05) is 17.4 Å². The van der Waals surface area contributed by atoms with Gasteiger partial charge in [0.05, 0.1) is 7.11 Å². The summed E-state index contributed by atoms with van der Waals surface area (Å²) in [7, 11) is 1.31. The van der Waals surface area contributed by atoms with Crippen LogP contribution in [0, 0.1) is 0 Å². The summed E-state index contributed by atoms with van der Waals surface area (Å²) in [6.07, 6.45) is 0. The van der Waals surface area contributed by atoms with Crippen LogP contribution in [0.2, 0.25) is 0 Å². The van der Waals surface area contributed by atoms with E-state index in [1.54, 1.807) is 6.07 Å². The summed E-state index contributed by atoms with van der Waals surface area (Å²) in [6, 6.07) is 5.45. The second-order valence-electron chi connectivity index (χ2n) is 2.75. The Morgan fingerprint density at radius 3 is 2.94 bits per heavy atom. The van der Waals surface area contributed by atoms with Crippen molar-refractivity contribution in [2.75, 3.05) is 7.11 Å². The molecule has 0 saturated carbocycles. The van der Waals surface area contributed by atoms with Gasteiger partial charge in [0, 0.05) is 0 Å². The highest BCUT2D eigenvalue weighted by Crippen LogP contribution is 2.23. The number of aromatic nitrogens is 3. The van der Waals surface area contributed by atoms with Gasteiger partial charge in [-0.2, -0.15) is 0 Å². The summed E-state index contributed by atoms with van der Waals surface area (Å²) < 4.78 is 5.26. The predicted molar refractivity (Wildman–Crippen MR) is 62.2 cm³/mol. The smallest absolute Gasteiger partial charge is 0.369 e. The molecule has 2 aromatic heterocycles. The van der Waals surface area contributed by atoms with E-state index in [2.05, 4.69) is 35.8 Å². The Balaban J connectivity index is 2.35. The maximum Gasteiger partial charge on any atom is 0.369 e. The van der Waals surface area contributed by atoms with Crippen molar-refractivity contribution in [1.29, 1.82) is 0 Å². The van der Waals surface area contributed by atoms with Crippen molar-refractivity contribution >= 4 is 33.2 Å². The number of halogens is 1. The number of nitrogens with zero attached hydrogens (tertiary/aromatic N) is 3. The van der Waals surface area contributed by atoms with Crippen molar-refractivity contribution in [3.63, 3.8) is 0 Å². The maximum atomic E-state index is 11.2. The van der Waals surface area contributed by atoms with Gasteiger partial charge >= 0.3 is 5.97 Å². The second kappa shape index (κ2) is 4.67. The topological polar surface area (TPSA) is 65.0 Å². The number of esters is 1. The molecule has 82 valence electrons. The van der Waals surface area contributed by atoms with Crippen molar-refractivity contribution in [3.05, 3.63) is 27.8 Å². The van der Waals surface area contributed by atoms with Crippen molar-refractivity contribution in [2.24, 2.45) is 0 Å². The first-order valence-corrected chi connectivity index (χ1v) is 5.86. The summed E-state index contributed by atoms with van der Waals surface area (Å²) in [4.78, 5) is 15.4. The van der Waals surface area contributed by atoms with E-state index in [4.69, 9.17) is 0 Å². The van der Waals surface area contributed by atoms with Gasteiger partial charge in [-0.15, -0.1) is 10.2 Å². The number of ether oxygens (including phenoxy) is 1. The van der Waals surface area contributed by atoms with Crippen LogP contribution in [0.5, 0.6) is 0 Å². The summed E-state index contributed by atoms with van der Waals surface area (Å²) in [5.74, 6) is -0.487. The molecule has 0 aliphatic rings. The first kappa shape index (κ1) is 11.2. The van der Waals surface area contributed by atoms with Crippen molar-refractivity contribution < 1.29 is 9.53 Å². The minimum atomic E-state index is -0.487. The Hall–Kier alpha value is -1.34. The minimum absolute atomic E-state index is 0.222. The number of rotatable bonds is 2. The lowest BCUT2D eigenvalue weighted by molar-refractivity contribution is 0.0599. The average Bonchev–Trinajstić information content (AvgIpc) is 2.77. The fourth-order valence-corrected chi connectivity index (χ4v) is 2.10. The molecular formula is C9H6BrN3O2S. The lowest BCUT2D eigenvalue weighted by Gasteiger charge is -1.94. The molecule has 2 heterocycles. The van der Waals surface area contributed by atoms with Crippen LogP contribution in [0.4, 0.5) is 0 Å². The van der Waals surface area contributed by atoms with Gasteiger partial charge in [0.25, 0.3) is 0 Å². The molecule has 0 aliphatic heterocycles. The molecule has 0 aliphatic carbocycles. The van der Waals surface area contributed by atoms with E-state index < -0.39 is 5.97 Å². The van der Waals surface area contributed by atoms with E-state index in [9.17, 15) is 4.79 Å². The predicted octanol–water partition coefficient (Wildman–Crippen LogP) is 2.15. The molecule has 0 radical (unpaired) electrons. The van der Waals surface area contributed by atoms with Crippen molar-refractivity contribution in [3.8, 4) is 10.7 Å². The van der Waals surface area contributed by atoms with Crippen LogP contribution < -0.4 is 0 Å². The van der Waals surface area contributed by atoms with Crippen molar-refractivity contribution in [2.45, 2.75) is 0 Å². The molecule has 0 saturated heterocycles. The minimum Gasteiger partial charge on any atom is -0.464 e. The number of carbonyl (C=O) groups is 1. The van der Waals surface area contributed by atoms with E-state index in [-0.39, 0.29) is 5.01 Å². The normalized spacial score (nSPS) is 10.1. The van der Waals surface area contributed by atoms with Gasteiger partial charge in [-0.25, -0.2) is 9.78 Å². The van der Waals surface area contributed by atoms with Gasteiger partial charge in [0.1, 0.15) is 10.3 Å². The standard InChI is InChI=1S/C9H6BrN3O2S/c1-15-9(14)8-13-12-7(16-8)5-3-2-4-6(10)11-5/h2-4H,1H3. The summed E-state index contributed by atoms with van der Waals surface area (Å²) in [5.41, 5.74) is 0.669. The van der Waals surface area contributed by atoms with Crippen molar-refractivity contribution in [1.82, 2.24) is 15.2 Å². The molecule has 2 aromatic rings. The monoisotopic (exact) mass is 299 g/mol. The van der Waals surface area contributed by atoms with Crippen LogP contribution in [-0.4, -0.2) is 28.3 Å². The Morgan fingerprint density at radius 2 is 2.25 bits per heavy atom. The highest BCUT2D eigenvalue weighted by atomic mass is 79.9. The third kappa shape index (κ3) is 2.25. The molecule has 5 nitrogen and oxygen atoms in total. The van der Waals surface area contributed by atoms with E-state index in [1.807, 2.05) is 12.1 Å². The zero-order valence-electron chi connectivity index (χ0n) is 8.18. The van der Waals surface area contributed by atoms with Gasteiger partial charge in [-0.05, 0) is 28.1 Å². The fraction of sp³-hybridized carbons (Fsp3) is 0.111. The van der Waals surface area contributed by atoms with Crippen LogP contribution >= 0.6 is 27.3 Å². The lowest BCUT2D eigenvalue weighted by Crippen LogP contribution is -1.99. The molecule has 0 aromatic carbocycles. The Morgan fingerprint density at radius 1 is 1.44 bits per heavy atom. The third-order valence-corrected chi connectivity index (χ3v) is 3.09. The number of hydrogen-bond acceptors (Lipinski definition) is 6. The van der Waals surface area contributed by atoms with E-state index in [0.717, 1.165) is 11.3 Å². The van der Waals surface area contributed by atoms with Gasteiger partial charge < -0.3 is 4.74 Å². The van der Waals surface area contributed by atoms with Crippen LogP contribution in [0.1, 0.15) is 9.80 Å². The summed E-state index contributed by atoms with van der Waals surface area (Å²) in [5, 5.41) is 8.42. The van der Waals surface area contributed by atoms with E-state index in [1.165, 1.54) is 7.11 Å².